The molecule has 4 rings (SSSR count). The number of para-hydroxylation sites is 1. The Kier molecular flexibility index (Phi) is 5.91. The molecule has 1 amide bonds. The molecule has 0 N–H and O–H groups in total. The van der Waals surface area contributed by atoms with E-state index in [0.29, 0.717) is 31.9 Å². The highest BCUT2D eigenvalue weighted by Crippen LogP contribution is 2.24. The molecule has 2 aromatic rings. The lowest BCUT2D eigenvalue weighted by atomic mass is 9.95. The lowest BCUT2D eigenvalue weighted by Gasteiger charge is -2.39. The van der Waals surface area contributed by atoms with Gasteiger partial charge in [0.25, 0.3) is 0 Å². The lowest BCUT2D eigenvalue weighted by Crippen LogP contribution is -2.52. The molecule has 2 aliphatic heterocycles. The van der Waals surface area contributed by atoms with Crippen molar-refractivity contribution in [2.24, 2.45) is 5.92 Å². The zero-order chi connectivity index (χ0) is 19.3. The van der Waals surface area contributed by atoms with Crippen LogP contribution in [0.5, 0.6) is 0 Å². The van der Waals surface area contributed by atoms with Crippen molar-refractivity contribution in [3.05, 3.63) is 66.0 Å². The monoisotopic (exact) mass is 381 g/mol. The summed E-state index contributed by atoms with van der Waals surface area (Å²) in [5.74, 6) is 0.162. The molecule has 5 heteroatoms. The Morgan fingerprint density at radius 2 is 1.64 bits per heavy atom. The van der Waals surface area contributed by atoms with E-state index in [2.05, 4.69) is 29.2 Å². The number of benzene rings is 2. The molecule has 2 heterocycles. The fourth-order valence-electron chi connectivity index (χ4n) is 4.38. The second-order valence-electron chi connectivity index (χ2n) is 7.82. The number of nitrogens with zero attached hydrogens (tertiary/aromatic N) is 3. The van der Waals surface area contributed by atoms with Gasteiger partial charge in [-0.25, -0.2) is 4.39 Å². The molecule has 2 fully saturated rings. The molecule has 0 aromatic heterocycles. The van der Waals surface area contributed by atoms with Gasteiger partial charge in [0.2, 0.25) is 5.91 Å². The fraction of sp³-hybridized carbons (Fsp3) is 0.435. The first kappa shape index (κ1) is 18.9. The standard InChI is InChI=1S/C23H28FN3O/c24-21-10-4-5-11-22(21)26-13-15-27(16-14-26)23(28)20-9-6-12-25(18-20)17-19-7-2-1-3-8-19/h1-5,7-8,10-11,20H,6,9,12-18H2. The van der Waals surface area contributed by atoms with Crippen molar-refractivity contribution >= 4 is 11.6 Å². The molecule has 148 valence electrons. The van der Waals surface area contributed by atoms with Crippen LogP contribution in [0.3, 0.4) is 0 Å². The third-order valence-electron chi connectivity index (χ3n) is 5.89. The molecule has 4 nitrogen and oxygen atoms in total. The molecule has 2 aromatic carbocycles. The average Bonchev–Trinajstić information content (AvgIpc) is 2.75. The van der Waals surface area contributed by atoms with Crippen LogP contribution in [0.2, 0.25) is 0 Å². The Labute approximate surface area is 166 Å². The number of piperazine rings is 1. The van der Waals surface area contributed by atoms with Gasteiger partial charge in [-0.05, 0) is 37.1 Å². The summed E-state index contributed by atoms with van der Waals surface area (Å²) in [6, 6.07) is 17.3. The smallest absolute Gasteiger partial charge is 0.227 e. The van der Waals surface area contributed by atoms with Crippen LogP contribution >= 0.6 is 0 Å². The van der Waals surface area contributed by atoms with E-state index in [9.17, 15) is 9.18 Å². The van der Waals surface area contributed by atoms with Gasteiger partial charge in [-0.15, -0.1) is 0 Å². The molecular formula is C23H28FN3O. The molecule has 0 spiro atoms. The van der Waals surface area contributed by atoms with E-state index in [-0.39, 0.29) is 17.6 Å². The number of piperidine rings is 1. The van der Waals surface area contributed by atoms with Crippen LogP contribution in [0.1, 0.15) is 18.4 Å². The summed E-state index contributed by atoms with van der Waals surface area (Å²) in [5, 5.41) is 0. The SMILES string of the molecule is O=C(C1CCCN(Cc2ccccc2)C1)N1CCN(c2ccccc2F)CC1. The summed E-state index contributed by atoms with van der Waals surface area (Å²) < 4.78 is 14.0. The topological polar surface area (TPSA) is 26.8 Å². The second-order valence-corrected chi connectivity index (χ2v) is 7.82. The van der Waals surface area contributed by atoms with Gasteiger partial charge >= 0.3 is 0 Å². The fourth-order valence-corrected chi connectivity index (χ4v) is 4.38. The van der Waals surface area contributed by atoms with Crippen molar-refractivity contribution in [2.45, 2.75) is 19.4 Å². The molecule has 0 radical (unpaired) electrons. The summed E-state index contributed by atoms with van der Waals surface area (Å²) in [5.41, 5.74) is 1.94. The predicted molar refractivity (Wildman–Crippen MR) is 110 cm³/mol. The van der Waals surface area contributed by atoms with Crippen LogP contribution < -0.4 is 4.90 Å². The lowest BCUT2D eigenvalue weighted by molar-refractivity contribution is -0.137. The number of rotatable bonds is 4. The predicted octanol–water partition coefficient (Wildman–Crippen LogP) is 3.39. The van der Waals surface area contributed by atoms with Gasteiger partial charge in [-0.1, -0.05) is 42.5 Å². The van der Waals surface area contributed by atoms with Crippen LogP contribution in [0.15, 0.2) is 54.6 Å². The average molecular weight is 381 g/mol. The van der Waals surface area contributed by atoms with Crippen LogP contribution in [-0.4, -0.2) is 55.0 Å². The number of halogens is 1. The van der Waals surface area contributed by atoms with E-state index in [4.69, 9.17) is 0 Å². The van der Waals surface area contributed by atoms with Crippen molar-refractivity contribution in [1.29, 1.82) is 0 Å². The Balaban J connectivity index is 1.31. The zero-order valence-corrected chi connectivity index (χ0v) is 16.3. The van der Waals surface area contributed by atoms with Crippen molar-refractivity contribution in [3.63, 3.8) is 0 Å². The van der Waals surface area contributed by atoms with Gasteiger partial charge < -0.3 is 9.80 Å². The van der Waals surface area contributed by atoms with Crippen molar-refractivity contribution in [1.82, 2.24) is 9.80 Å². The number of hydrogen-bond acceptors (Lipinski definition) is 3. The summed E-state index contributed by atoms with van der Waals surface area (Å²) in [6.07, 6.45) is 2.04. The Morgan fingerprint density at radius 1 is 0.929 bits per heavy atom. The maximum absolute atomic E-state index is 14.0. The molecule has 28 heavy (non-hydrogen) atoms. The third-order valence-corrected chi connectivity index (χ3v) is 5.89. The minimum atomic E-state index is -0.189. The second kappa shape index (κ2) is 8.74. The van der Waals surface area contributed by atoms with E-state index in [1.54, 1.807) is 6.07 Å². The number of hydrogen-bond donors (Lipinski definition) is 0. The highest BCUT2D eigenvalue weighted by molar-refractivity contribution is 5.79. The van der Waals surface area contributed by atoms with Gasteiger partial charge in [0, 0.05) is 39.3 Å². The maximum Gasteiger partial charge on any atom is 0.227 e. The Bertz CT molecular complexity index is 789. The van der Waals surface area contributed by atoms with Crippen LogP contribution in [0.25, 0.3) is 0 Å². The minimum Gasteiger partial charge on any atom is -0.366 e. The number of likely N-dealkylation sites (tertiary alicyclic amines) is 1. The van der Waals surface area contributed by atoms with E-state index in [1.807, 2.05) is 28.0 Å². The van der Waals surface area contributed by atoms with Gasteiger partial charge in [-0.3, -0.25) is 9.69 Å². The zero-order valence-electron chi connectivity index (χ0n) is 16.3. The molecule has 0 aliphatic carbocycles. The quantitative estimate of drug-likeness (QED) is 0.812. The molecule has 0 saturated carbocycles. The summed E-state index contributed by atoms with van der Waals surface area (Å²) >= 11 is 0. The van der Waals surface area contributed by atoms with Gasteiger partial charge in [0.1, 0.15) is 5.82 Å². The molecule has 1 unspecified atom stereocenters. The maximum atomic E-state index is 14.0. The highest BCUT2D eigenvalue weighted by atomic mass is 19.1. The van der Waals surface area contributed by atoms with Gasteiger partial charge in [-0.2, -0.15) is 0 Å². The van der Waals surface area contributed by atoms with E-state index in [1.165, 1.54) is 11.6 Å². The Morgan fingerprint density at radius 3 is 2.39 bits per heavy atom. The van der Waals surface area contributed by atoms with Crippen LogP contribution in [0.4, 0.5) is 10.1 Å². The summed E-state index contributed by atoms with van der Waals surface area (Å²) in [6.45, 7) is 5.51. The molecule has 1 atom stereocenters. The van der Waals surface area contributed by atoms with Crippen molar-refractivity contribution in [3.8, 4) is 0 Å². The van der Waals surface area contributed by atoms with Crippen LogP contribution in [-0.2, 0) is 11.3 Å². The number of carbonyl (C=O) groups excluding carboxylic acids is 1. The summed E-state index contributed by atoms with van der Waals surface area (Å²) in [4.78, 5) is 19.5. The minimum absolute atomic E-state index is 0.0810. The summed E-state index contributed by atoms with van der Waals surface area (Å²) in [7, 11) is 0. The first-order valence-electron chi connectivity index (χ1n) is 10.3. The largest absolute Gasteiger partial charge is 0.366 e. The first-order valence-corrected chi connectivity index (χ1v) is 10.3. The number of carbonyl (C=O) groups is 1. The molecule has 0 bridgehead atoms. The van der Waals surface area contributed by atoms with E-state index >= 15 is 0 Å². The van der Waals surface area contributed by atoms with E-state index < -0.39 is 0 Å². The third kappa shape index (κ3) is 4.36. The highest BCUT2D eigenvalue weighted by Gasteiger charge is 2.31. The van der Waals surface area contributed by atoms with E-state index in [0.717, 1.165) is 32.5 Å². The first-order chi connectivity index (χ1) is 13.7. The number of anilines is 1. The van der Waals surface area contributed by atoms with Gasteiger partial charge in [0.15, 0.2) is 0 Å². The molecular weight excluding hydrogens is 353 g/mol. The molecule has 2 saturated heterocycles. The van der Waals surface area contributed by atoms with Crippen molar-refractivity contribution < 1.29 is 9.18 Å². The number of amides is 1. The van der Waals surface area contributed by atoms with Crippen LogP contribution in [0, 0.1) is 11.7 Å². The normalized spacial score (nSPS) is 21.0. The Hall–Kier alpha value is -2.40. The molecule has 2 aliphatic rings. The van der Waals surface area contributed by atoms with Crippen molar-refractivity contribution in [2.75, 3.05) is 44.2 Å². The van der Waals surface area contributed by atoms with Gasteiger partial charge in [0.05, 0.1) is 11.6 Å².